The molecule has 0 aliphatic heterocycles. The molecule has 15 heavy (non-hydrogen) atoms. The van der Waals surface area contributed by atoms with Crippen molar-refractivity contribution >= 4 is 21.9 Å². The Morgan fingerprint density at radius 2 is 2.27 bits per heavy atom. The normalized spacial score (nSPS) is 12.5. The van der Waals surface area contributed by atoms with Gasteiger partial charge in [0.2, 0.25) is 0 Å². The number of nitrogens with two attached hydrogens (primary N) is 1. The summed E-state index contributed by atoms with van der Waals surface area (Å²) in [4.78, 5) is 10.6. The van der Waals surface area contributed by atoms with E-state index in [0.717, 1.165) is 0 Å². The summed E-state index contributed by atoms with van der Waals surface area (Å²) in [5.41, 5.74) is 6.40. The highest BCUT2D eigenvalue weighted by Crippen LogP contribution is 2.22. The van der Waals surface area contributed by atoms with E-state index < -0.39 is 17.8 Å². The van der Waals surface area contributed by atoms with Gasteiger partial charge in [0.25, 0.3) is 0 Å². The maximum Gasteiger partial charge on any atom is 0.320 e. The summed E-state index contributed by atoms with van der Waals surface area (Å²) in [6.07, 6.45) is -0.00750. The topological polar surface area (TPSA) is 63.3 Å². The molecule has 0 saturated heterocycles. The van der Waals surface area contributed by atoms with Crippen LogP contribution < -0.4 is 5.73 Å². The number of aliphatic carboxylic acids is 1. The molecule has 1 unspecified atom stereocenters. The second kappa shape index (κ2) is 4.72. The third-order valence-corrected chi connectivity index (χ3v) is 2.78. The summed E-state index contributed by atoms with van der Waals surface area (Å²) in [5.74, 6) is -1.57. The van der Waals surface area contributed by atoms with Crippen molar-refractivity contribution in [3.05, 3.63) is 33.5 Å². The minimum atomic E-state index is -1.13. The zero-order valence-corrected chi connectivity index (χ0v) is 9.71. The van der Waals surface area contributed by atoms with Crippen LogP contribution >= 0.6 is 15.9 Å². The first-order valence-corrected chi connectivity index (χ1v) is 5.14. The van der Waals surface area contributed by atoms with Crippen LogP contribution in [0, 0.1) is 12.7 Å². The largest absolute Gasteiger partial charge is 0.480 e. The van der Waals surface area contributed by atoms with E-state index in [9.17, 15) is 9.18 Å². The summed E-state index contributed by atoms with van der Waals surface area (Å²) >= 11 is 3.04. The molecule has 0 fully saturated rings. The monoisotopic (exact) mass is 275 g/mol. The Balaban J connectivity index is 3.03. The maximum absolute atomic E-state index is 13.6. The van der Waals surface area contributed by atoms with E-state index in [1.54, 1.807) is 19.1 Å². The average molecular weight is 276 g/mol. The highest BCUT2D eigenvalue weighted by molar-refractivity contribution is 9.10. The van der Waals surface area contributed by atoms with Crippen LogP contribution in [0.1, 0.15) is 11.1 Å². The lowest BCUT2D eigenvalue weighted by molar-refractivity contribution is -0.138. The van der Waals surface area contributed by atoms with E-state index in [2.05, 4.69) is 15.9 Å². The molecule has 0 heterocycles. The van der Waals surface area contributed by atoms with Crippen LogP contribution in [0.25, 0.3) is 0 Å². The van der Waals surface area contributed by atoms with Gasteiger partial charge < -0.3 is 10.8 Å². The molecular weight excluding hydrogens is 265 g/mol. The molecule has 5 heteroatoms. The Morgan fingerprint density at radius 1 is 1.67 bits per heavy atom. The number of hydrogen-bond donors (Lipinski definition) is 2. The second-order valence-electron chi connectivity index (χ2n) is 3.31. The summed E-state index contributed by atoms with van der Waals surface area (Å²) in [5, 5.41) is 8.64. The van der Waals surface area contributed by atoms with Crippen molar-refractivity contribution in [2.24, 2.45) is 5.73 Å². The lowest BCUT2D eigenvalue weighted by Gasteiger charge is -2.11. The minimum absolute atomic E-state index is 0.00750. The fourth-order valence-electron chi connectivity index (χ4n) is 1.25. The van der Waals surface area contributed by atoms with Crippen LogP contribution in [0.4, 0.5) is 4.39 Å². The number of carboxylic acid groups (broad SMARTS) is 1. The molecule has 0 amide bonds. The van der Waals surface area contributed by atoms with Crippen molar-refractivity contribution in [1.82, 2.24) is 0 Å². The molecule has 0 radical (unpaired) electrons. The lowest BCUT2D eigenvalue weighted by atomic mass is 10.0. The van der Waals surface area contributed by atoms with Crippen molar-refractivity contribution in [3.63, 3.8) is 0 Å². The fourth-order valence-corrected chi connectivity index (χ4v) is 1.62. The van der Waals surface area contributed by atoms with Crippen molar-refractivity contribution < 1.29 is 14.3 Å². The highest BCUT2D eigenvalue weighted by Gasteiger charge is 2.17. The second-order valence-corrected chi connectivity index (χ2v) is 4.16. The van der Waals surface area contributed by atoms with Crippen molar-refractivity contribution in [2.45, 2.75) is 19.4 Å². The molecule has 0 aliphatic carbocycles. The van der Waals surface area contributed by atoms with Gasteiger partial charge in [-0.1, -0.05) is 6.07 Å². The van der Waals surface area contributed by atoms with Gasteiger partial charge in [-0.25, -0.2) is 4.39 Å². The van der Waals surface area contributed by atoms with E-state index in [-0.39, 0.29) is 6.42 Å². The molecule has 0 spiro atoms. The molecule has 1 atom stereocenters. The van der Waals surface area contributed by atoms with Gasteiger partial charge in [0.05, 0.1) is 4.47 Å². The van der Waals surface area contributed by atoms with Gasteiger partial charge in [0.1, 0.15) is 11.9 Å². The molecule has 1 aromatic rings. The van der Waals surface area contributed by atoms with Gasteiger partial charge in [-0.2, -0.15) is 0 Å². The third kappa shape index (κ3) is 2.76. The molecular formula is C10H11BrFNO2. The molecule has 0 aliphatic rings. The van der Waals surface area contributed by atoms with Gasteiger partial charge in [-0.15, -0.1) is 0 Å². The van der Waals surface area contributed by atoms with Gasteiger partial charge >= 0.3 is 5.97 Å². The molecule has 3 N–H and O–H groups in total. The van der Waals surface area contributed by atoms with Crippen LogP contribution in [0.5, 0.6) is 0 Å². The van der Waals surface area contributed by atoms with Gasteiger partial charge in [-0.05, 0) is 40.0 Å². The van der Waals surface area contributed by atoms with E-state index >= 15 is 0 Å². The molecule has 0 saturated carbocycles. The molecule has 82 valence electrons. The minimum Gasteiger partial charge on any atom is -0.480 e. The Hall–Kier alpha value is -0.940. The molecule has 0 aromatic heterocycles. The summed E-state index contributed by atoms with van der Waals surface area (Å²) < 4.78 is 13.9. The Kier molecular flexibility index (Phi) is 3.82. The third-order valence-electron chi connectivity index (χ3n) is 2.17. The average Bonchev–Trinajstić information content (AvgIpc) is 2.18. The van der Waals surface area contributed by atoms with Gasteiger partial charge in [-0.3, -0.25) is 4.79 Å². The van der Waals surface area contributed by atoms with E-state index in [4.69, 9.17) is 10.8 Å². The van der Waals surface area contributed by atoms with Crippen LogP contribution in [0.2, 0.25) is 0 Å². The standard InChI is InChI=1S/C10H11BrFNO2/c1-5-2-3-7(11)9(12)6(5)4-8(13)10(14)15/h2-3,8H,4,13H2,1H3,(H,14,15). The SMILES string of the molecule is Cc1ccc(Br)c(F)c1CC(N)C(=O)O. The number of aryl methyl sites for hydroxylation is 1. The number of carboxylic acids is 1. The molecule has 3 nitrogen and oxygen atoms in total. The first-order chi connectivity index (χ1) is 6.93. The Bertz CT molecular complexity index is 395. The zero-order valence-electron chi connectivity index (χ0n) is 8.13. The van der Waals surface area contributed by atoms with E-state index in [0.29, 0.717) is 15.6 Å². The molecule has 1 aromatic carbocycles. The number of rotatable bonds is 3. The van der Waals surface area contributed by atoms with E-state index in [1.165, 1.54) is 0 Å². The Morgan fingerprint density at radius 3 is 2.80 bits per heavy atom. The summed E-state index contributed by atoms with van der Waals surface area (Å²) in [6.45, 7) is 1.72. The lowest BCUT2D eigenvalue weighted by Crippen LogP contribution is -2.32. The number of benzene rings is 1. The van der Waals surface area contributed by atoms with Crippen molar-refractivity contribution in [1.29, 1.82) is 0 Å². The van der Waals surface area contributed by atoms with Crippen molar-refractivity contribution in [2.75, 3.05) is 0 Å². The number of hydrogen-bond acceptors (Lipinski definition) is 2. The predicted octanol–water partition coefficient (Wildman–Crippen LogP) is 1.85. The van der Waals surface area contributed by atoms with Crippen LogP contribution in [-0.2, 0) is 11.2 Å². The summed E-state index contributed by atoms with van der Waals surface area (Å²) in [7, 11) is 0. The maximum atomic E-state index is 13.6. The number of halogens is 2. The molecule has 1 rings (SSSR count). The van der Waals surface area contributed by atoms with Gasteiger partial charge in [0.15, 0.2) is 0 Å². The smallest absolute Gasteiger partial charge is 0.320 e. The number of carbonyl (C=O) groups is 1. The van der Waals surface area contributed by atoms with Crippen molar-refractivity contribution in [3.8, 4) is 0 Å². The van der Waals surface area contributed by atoms with Crippen LogP contribution in [-0.4, -0.2) is 17.1 Å². The van der Waals surface area contributed by atoms with Crippen LogP contribution in [0.3, 0.4) is 0 Å². The van der Waals surface area contributed by atoms with E-state index in [1.807, 2.05) is 0 Å². The van der Waals surface area contributed by atoms with Crippen LogP contribution in [0.15, 0.2) is 16.6 Å². The quantitative estimate of drug-likeness (QED) is 0.885. The predicted molar refractivity (Wildman–Crippen MR) is 58.2 cm³/mol. The highest BCUT2D eigenvalue weighted by atomic mass is 79.9. The first kappa shape index (κ1) is 12.1. The first-order valence-electron chi connectivity index (χ1n) is 4.35. The van der Waals surface area contributed by atoms with Gasteiger partial charge in [0, 0.05) is 6.42 Å². The summed E-state index contributed by atoms with van der Waals surface area (Å²) in [6, 6.07) is 2.23. The fraction of sp³-hybridized carbons (Fsp3) is 0.300. The molecule has 0 bridgehead atoms. The zero-order chi connectivity index (χ0) is 11.6. The Labute approximate surface area is 95.2 Å².